The second-order valence-corrected chi connectivity index (χ2v) is 12.9. The molecule has 2 aliphatic carbocycles. The number of hydrogen-bond donors (Lipinski definition) is 11. The van der Waals surface area contributed by atoms with Gasteiger partial charge in [-0.15, -0.1) is 0 Å². The zero-order valence-corrected chi connectivity index (χ0v) is 25.2. The first-order valence-corrected chi connectivity index (χ1v) is 15.4. The number of amides is 1. The Bertz CT molecular complexity index is 954. The Labute approximate surface area is 253 Å². The van der Waals surface area contributed by atoms with Gasteiger partial charge in [0, 0.05) is 24.0 Å². The van der Waals surface area contributed by atoms with Crippen molar-refractivity contribution >= 4 is 5.91 Å². The van der Waals surface area contributed by atoms with Crippen LogP contribution in [-0.2, 0) is 19.0 Å². The number of nitrogens with one attached hydrogen (secondary N) is 3. The lowest BCUT2D eigenvalue weighted by molar-refractivity contribution is -0.297. The number of aliphatic hydroxyl groups is 4. The predicted octanol–water partition coefficient (Wildman–Crippen LogP) is -4.34. The van der Waals surface area contributed by atoms with Crippen LogP contribution in [0.4, 0.5) is 0 Å². The van der Waals surface area contributed by atoms with E-state index in [1.165, 1.54) is 6.92 Å². The molecule has 4 rings (SSSR count). The second-order valence-electron chi connectivity index (χ2n) is 12.9. The largest absolute Gasteiger partial charge is 0.492 e. The zero-order valence-electron chi connectivity index (χ0n) is 25.2. The van der Waals surface area contributed by atoms with Gasteiger partial charge in [-0.05, 0) is 71.2 Å². The summed E-state index contributed by atoms with van der Waals surface area (Å²) in [6, 6.07) is -2.24. The standard InChI is InChI=1S/C28H53N7O8/c1-28(40)12-41-27(22(38)25(28)33-2)43-24-18(35-26(39)19(36)5-6-29)9-16(32)20(21(24)37)23-17(4-3-15(10-30)42-23)34-11-13-7-14(31)8-13/h3,13-14,16-25,27,33-34,36-38,40H,4-12,29-32H2,1-2H3,(H,35,39)/t13?,14?,16-,17+,18+,19-,20+,21-,22+,23?,24-,25+,27+,28-/m0/s1. The maximum atomic E-state index is 12.8. The van der Waals surface area contributed by atoms with Crippen molar-refractivity contribution in [1.82, 2.24) is 16.0 Å². The highest BCUT2D eigenvalue weighted by molar-refractivity contribution is 5.80. The van der Waals surface area contributed by atoms with Crippen LogP contribution in [0.2, 0.25) is 0 Å². The van der Waals surface area contributed by atoms with E-state index in [1.807, 2.05) is 6.08 Å². The summed E-state index contributed by atoms with van der Waals surface area (Å²) in [5.41, 5.74) is 22.8. The number of carbonyl (C=O) groups is 1. The van der Waals surface area contributed by atoms with Crippen molar-refractivity contribution in [1.29, 1.82) is 0 Å². The molecule has 12 atom stereocenters. The minimum atomic E-state index is -1.38. The Morgan fingerprint density at radius 1 is 1.19 bits per heavy atom. The van der Waals surface area contributed by atoms with E-state index in [0.29, 0.717) is 18.1 Å². The fraction of sp³-hybridized carbons (Fsp3) is 0.893. The van der Waals surface area contributed by atoms with Gasteiger partial charge in [0.15, 0.2) is 6.29 Å². The molecule has 0 aromatic heterocycles. The molecule has 0 aromatic carbocycles. The Hall–Kier alpha value is -1.47. The maximum Gasteiger partial charge on any atom is 0.249 e. The highest BCUT2D eigenvalue weighted by Crippen LogP contribution is 2.37. The van der Waals surface area contributed by atoms with Gasteiger partial charge in [0.2, 0.25) is 5.91 Å². The van der Waals surface area contributed by atoms with Gasteiger partial charge in [-0.2, -0.15) is 0 Å². The van der Waals surface area contributed by atoms with Crippen LogP contribution >= 0.6 is 0 Å². The lowest BCUT2D eigenvalue weighted by Gasteiger charge is -2.51. The van der Waals surface area contributed by atoms with E-state index < -0.39 is 72.4 Å². The molecule has 15 heteroatoms. The van der Waals surface area contributed by atoms with E-state index in [-0.39, 0.29) is 44.6 Å². The molecule has 248 valence electrons. The molecule has 0 spiro atoms. The number of ether oxygens (including phenoxy) is 3. The summed E-state index contributed by atoms with van der Waals surface area (Å²) in [5, 5.41) is 53.2. The fourth-order valence-corrected chi connectivity index (χ4v) is 6.98. The van der Waals surface area contributed by atoms with Crippen LogP contribution in [0.15, 0.2) is 11.8 Å². The summed E-state index contributed by atoms with van der Waals surface area (Å²) in [7, 11) is 1.60. The van der Waals surface area contributed by atoms with Gasteiger partial charge in [-0.1, -0.05) is 0 Å². The number of likely N-dealkylation sites (N-methyl/N-ethyl adjacent to an activating group) is 1. The average molecular weight is 616 g/mol. The predicted molar refractivity (Wildman–Crippen MR) is 157 cm³/mol. The topological polar surface area (TPSA) is 266 Å². The molecule has 15 nitrogen and oxygen atoms in total. The zero-order chi connectivity index (χ0) is 31.5. The third kappa shape index (κ3) is 7.85. The van der Waals surface area contributed by atoms with E-state index in [0.717, 1.165) is 19.4 Å². The average Bonchev–Trinajstić information content (AvgIpc) is 2.94. The Kier molecular flexibility index (Phi) is 11.8. The number of carbonyl (C=O) groups excluding carboxylic acids is 1. The molecule has 43 heavy (non-hydrogen) atoms. The summed E-state index contributed by atoms with van der Waals surface area (Å²) in [6.07, 6.45) is -2.21. The molecule has 1 amide bonds. The maximum absolute atomic E-state index is 12.8. The van der Waals surface area contributed by atoms with Crippen molar-refractivity contribution in [2.24, 2.45) is 34.8 Å². The van der Waals surface area contributed by atoms with Crippen LogP contribution in [-0.4, -0.2) is 132 Å². The highest BCUT2D eigenvalue weighted by Gasteiger charge is 2.54. The Balaban J connectivity index is 1.58. The quantitative estimate of drug-likeness (QED) is 0.0991. The molecule has 2 heterocycles. The van der Waals surface area contributed by atoms with Crippen molar-refractivity contribution < 1.29 is 39.4 Å². The molecule has 1 saturated heterocycles. The van der Waals surface area contributed by atoms with Gasteiger partial charge in [0.1, 0.15) is 35.8 Å². The molecule has 2 aliphatic heterocycles. The van der Waals surface area contributed by atoms with Crippen LogP contribution in [0, 0.1) is 11.8 Å². The number of nitrogens with two attached hydrogens (primary N) is 4. The van der Waals surface area contributed by atoms with Crippen LogP contribution in [0.5, 0.6) is 0 Å². The summed E-state index contributed by atoms with van der Waals surface area (Å²) in [6.45, 7) is 2.42. The molecule has 3 fully saturated rings. The monoisotopic (exact) mass is 615 g/mol. The normalized spacial score (nSPS) is 44.1. The van der Waals surface area contributed by atoms with Gasteiger partial charge in [-0.25, -0.2) is 0 Å². The summed E-state index contributed by atoms with van der Waals surface area (Å²) < 4.78 is 18.3. The highest BCUT2D eigenvalue weighted by atomic mass is 16.7. The van der Waals surface area contributed by atoms with Gasteiger partial charge in [-0.3, -0.25) is 4.79 Å². The van der Waals surface area contributed by atoms with E-state index in [2.05, 4.69) is 16.0 Å². The lowest BCUT2D eigenvalue weighted by Crippen LogP contribution is -2.69. The van der Waals surface area contributed by atoms with Crippen LogP contribution in [0.1, 0.15) is 39.0 Å². The molecule has 0 bridgehead atoms. The third-order valence-electron chi connectivity index (χ3n) is 9.46. The van der Waals surface area contributed by atoms with Crippen LogP contribution < -0.4 is 38.9 Å². The number of aliphatic hydroxyl groups excluding tert-OH is 3. The lowest BCUT2D eigenvalue weighted by atomic mass is 9.72. The molecular formula is C28H53N7O8. The van der Waals surface area contributed by atoms with Gasteiger partial charge in [0.25, 0.3) is 0 Å². The number of rotatable bonds is 12. The Morgan fingerprint density at radius 3 is 2.53 bits per heavy atom. The molecule has 1 unspecified atom stereocenters. The van der Waals surface area contributed by atoms with Crippen molar-refractivity contribution in [3.05, 3.63) is 11.8 Å². The van der Waals surface area contributed by atoms with E-state index >= 15 is 0 Å². The molecule has 4 aliphatic rings. The van der Waals surface area contributed by atoms with Crippen LogP contribution in [0.25, 0.3) is 0 Å². The van der Waals surface area contributed by atoms with Crippen LogP contribution in [0.3, 0.4) is 0 Å². The minimum Gasteiger partial charge on any atom is -0.492 e. The van der Waals surface area contributed by atoms with Crippen molar-refractivity contribution in [3.63, 3.8) is 0 Å². The molecule has 0 radical (unpaired) electrons. The van der Waals surface area contributed by atoms with Gasteiger partial charge in [0.05, 0.1) is 31.3 Å². The summed E-state index contributed by atoms with van der Waals surface area (Å²) in [4.78, 5) is 12.8. The van der Waals surface area contributed by atoms with Crippen molar-refractivity contribution in [2.45, 2.75) is 112 Å². The minimum absolute atomic E-state index is 0.0497. The van der Waals surface area contributed by atoms with Gasteiger partial charge >= 0.3 is 0 Å². The summed E-state index contributed by atoms with van der Waals surface area (Å²) >= 11 is 0. The number of hydrogen-bond acceptors (Lipinski definition) is 14. The smallest absolute Gasteiger partial charge is 0.249 e. The third-order valence-corrected chi connectivity index (χ3v) is 9.46. The van der Waals surface area contributed by atoms with E-state index in [1.54, 1.807) is 7.05 Å². The van der Waals surface area contributed by atoms with E-state index in [9.17, 15) is 25.2 Å². The molecule has 0 aromatic rings. The first-order chi connectivity index (χ1) is 20.4. The second kappa shape index (κ2) is 14.7. The van der Waals surface area contributed by atoms with Crippen molar-refractivity contribution in [2.75, 3.05) is 33.3 Å². The Morgan fingerprint density at radius 2 is 1.91 bits per heavy atom. The van der Waals surface area contributed by atoms with Gasteiger partial charge < -0.3 is 73.5 Å². The van der Waals surface area contributed by atoms with Crippen molar-refractivity contribution in [3.8, 4) is 0 Å². The molecule has 2 saturated carbocycles. The first kappa shape index (κ1) is 34.4. The fourth-order valence-electron chi connectivity index (χ4n) is 6.98. The summed E-state index contributed by atoms with van der Waals surface area (Å²) in [5.74, 6) is -0.287. The molecule has 15 N–H and O–H groups in total. The first-order valence-electron chi connectivity index (χ1n) is 15.4. The molecular weight excluding hydrogens is 562 g/mol. The SMILES string of the molecule is CN[C@@H]1[C@@H](O)[C@@H](O[C@@H]2[C@@H](O)[C@H](C3OC(CN)=CC[C@H]3NCC3CC(N)C3)[C@@H](N)C[C@H]2NC(=O)[C@@H](O)CCN)OC[C@]1(C)O. The van der Waals surface area contributed by atoms with E-state index in [4.69, 9.17) is 37.1 Å².